The third-order valence-corrected chi connectivity index (χ3v) is 4.12. The average molecular weight is 293 g/mol. The van der Waals surface area contributed by atoms with Gasteiger partial charge in [-0.25, -0.2) is 15.0 Å². The molecule has 22 heavy (non-hydrogen) atoms. The van der Waals surface area contributed by atoms with E-state index < -0.39 is 0 Å². The minimum Gasteiger partial charge on any atom is -0.330 e. The van der Waals surface area contributed by atoms with E-state index in [1.165, 1.54) is 6.33 Å². The highest BCUT2D eigenvalue weighted by Gasteiger charge is 2.32. The van der Waals surface area contributed by atoms with Gasteiger partial charge in [-0.2, -0.15) is 0 Å². The van der Waals surface area contributed by atoms with Crippen molar-refractivity contribution >= 4 is 11.6 Å². The summed E-state index contributed by atoms with van der Waals surface area (Å²) >= 11 is 0. The minimum atomic E-state index is -0.0137. The van der Waals surface area contributed by atoms with Gasteiger partial charge in [0.25, 0.3) is 5.91 Å². The SMILES string of the molecule is O=C(c1cncnc1)N1CCCC1c1cccc2nccn12. The molecule has 3 aromatic rings. The van der Waals surface area contributed by atoms with Gasteiger partial charge in [-0.05, 0) is 25.0 Å². The largest absolute Gasteiger partial charge is 0.330 e. The molecule has 1 unspecified atom stereocenters. The van der Waals surface area contributed by atoms with Crippen LogP contribution in [-0.2, 0) is 0 Å². The zero-order valence-electron chi connectivity index (χ0n) is 12.0. The van der Waals surface area contributed by atoms with Gasteiger partial charge in [0, 0.05) is 37.0 Å². The van der Waals surface area contributed by atoms with Gasteiger partial charge in [-0.15, -0.1) is 0 Å². The van der Waals surface area contributed by atoms with Crippen molar-refractivity contribution in [3.8, 4) is 0 Å². The van der Waals surface area contributed by atoms with Crippen molar-refractivity contribution in [3.05, 3.63) is 60.6 Å². The van der Waals surface area contributed by atoms with Gasteiger partial charge in [0.1, 0.15) is 12.0 Å². The van der Waals surface area contributed by atoms with Gasteiger partial charge in [0.2, 0.25) is 0 Å². The highest BCUT2D eigenvalue weighted by Crippen LogP contribution is 2.33. The molecule has 0 spiro atoms. The van der Waals surface area contributed by atoms with Crippen LogP contribution in [0.4, 0.5) is 0 Å². The second kappa shape index (κ2) is 5.22. The lowest BCUT2D eigenvalue weighted by Crippen LogP contribution is -2.31. The third kappa shape index (κ3) is 2.04. The molecule has 1 fully saturated rings. The number of carbonyl (C=O) groups is 1. The number of fused-ring (bicyclic) bond motifs is 1. The summed E-state index contributed by atoms with van der Waals surface area (Å²) in [5.41, 5.74) is 2.53. The maximum absolute atomic E-state index is 12.7. The summed E-state index contributed by atoms with van der Waals surface area (Å²) in [7, 11) is 0. The van der Waals surface area contributed by atoms with Crippen molar-refractivity contribution in [3.63, 3.8) is 0 Å². The molecule has 1 aliphatic rings. The van der Waals surface area contributed by atoms with Crippen molar-refractivity contribution in [2.24, 2.45) is 0 Å². The Hall–Kier alpha value is -2.76. The summed E-state index contributed by atoms with van der Waals surface area (Å²) in [6, 6.07) is 6.08. The van der Waals surface area contributed by atoms with E-state index in [-0.39, 0.29) is 11.9 Å². The fraction of sp³-hybridized carbons (Fsp3) is 0.250. The molecular weight excluding hydrogens is 278 g/mol. The van der Waals surface area contributed by atoms with E-state index in [1.54, 1.807) is 18.6 Å². The van der Waals surface area contributed by atoms with Gasteiger partial charge < -0.3 is 9.30 Å². The van der Waals surface area contributed by atoms with Crippen molar-refractivity contribution in [2.45, 2.75) is 18.9 Å². The molecule has 0 bridgehead atoms. The molecule has 4 heterocycles. The van der Waals surface area contributed by atoms with E-state index >= 15 is 0 Å². The molecular formula is C16H15N5O. The van der Waals surface area contributed by atoms with E-state index in [2.05, 4.69) is 25.4 Å². The van der Waals surface area contributed by atoms with Crippen LogP contribution in [0.5, 0.6) is 0 Å². The molecule has 1 saturated heterocycles. The molecule has 0 saturated carbocycles. The molecule has 1 atom stereocenters. The monoisotopic (exact) mass is 293 g/mol. The minimum absolute atomic E-state index is 0.0137. The average Bonchev–Trinajstić information content (AvgIpc) is 3.23. The van der Waals surface area contributed by atoms with E-state index in [4.69, 9.17) is 0 Å². The number of hydrogen-bond acceptors (Lipinski definition) is 4. The van der Waals surface area contributed by atoms with Crippen LogP contribution >= 0.6 is 0 Å². The standard InChI is InChI=1S/C16H15N5O/c22-16(12-9-17-11-18-10-12)21-7-2-4-14(21)13-3-1-5-15-19-6-8-20(13)15/h1,3,5-6,8-11,14H,2,4,7H2. The van der Waals surface area contributed by atoms with E-state index in [0.29, 0.717) is 5.56 Å². The summed E-state index contributed by atoms with van der Waals surface area (Å²) in [5.74, 6) is -0.0137. The number of pyridine rings is 1. The van der Waals surface area contributed by atoms with Crippen LogP contribution in [0.1, 0.15) is 34.9 Å². The van der Waals surface area contributed by atoms with Crippen LogP contribution in [0.3, 0.4) is 0 Å². The fourth-order valence-corrected chi connectivity index (χ4v) is 3.13. The molecule has 0 N–H and O–H groups in total. The summed E-state index contributed by atoms with van der Waals surface area (Å²) in [5, 5.41) is 0. The lowest BCUT2D eigenvalue weighted by molar-refractivity contribution is 0.0731. The Morgan fingerprint density at radius 3 is 2.95 bits per heavy atom. The second-order valence-electron chi connectivity index (χ2n) is 5.39. The van der Waals surface area contributed by atoms with Gasteiger partial charge in [-0.1, -0.05) is 6.07 Å². The Morgan fingerprint density at radius 2 is 2.09 bits per heavy atom. The summed E-state index contributed by atoms with van der Waals surface area (Å²) in [4.78, 5) is 26.8. The van der Waals surface area contributed by atoms with E-state index in [1.807, 2.05) is 23.2 Å². The van der Waals surface area contributed by atoms with Crippen LogP contribution in [0.2, 0.25) is 0 Å². The van der Waals surface area contributed by atoms with Crippen LogP contribution in [0, 0.1) is 0 Å². The normalized spacial score (nSPS) is 18.0. The zero-order chi connectivity index (χ0) is 14.9. The molecule has 1 aliphatic heterocycles. The highest BCUT2D eigenvalue weighted by atomic mass is 16.2. The first-order valence-corrected chi connectivity index (χ1v) is 7.32. The molecule has 6 heteroatoms. The van der Waals surface area contributed by atoms with Crippen LogP contribution in [0.15, 0.2) is 49.3 Å². The number of amides is 1. The molecule has 0 aromatic carbocycles. The molecule has 1 amide bonds. The van der Waals surface area contributed by atoms with Crippen molar-refractivity contribution in [2.75, 3.05) is 6.54 Å². The lowest BCUT2D eigenvalue weighted by Gasteiger charge is -2.25. The summed E-state index contributed by atoms with van der Waals surface area (Å²) in [6.07, 6.45) is 10.3. The third-order valence-electron chi connectivity index (χ3n) is 4.12. The van der Waals surface area contributed by atoms with Gasteiger partial charge in [-0.3, -0.25) is 4.79 Å². The topological polar surface area (TPSA) is 63.4 Å². The molecule has 6 nitrogen and oxygen atoms in total. The Kier molecular flexibility index (Phi) is 3.07. The predicted molar refractivity (Wildman–Crippen MR) is 80.2 cm³/mol. The van der Waals surface area contributed by atoms with E-state index in [0.717, 1.165) is 30.7 Å². The van der Waals surface area contributed by atoms with Crippen molar-refractivity contribution < 1.29 is 4.79 Å². The number of aromatic nitrogens is 4. The Labute approximate surface area is 127 Å². The number of hydrogen-bond donors (Lipinski definition) is 0. The van der Waals surface area contributed by atoms with Crippen LogP contribution in [0.25, 0.3) is 5.65 Å². The number of likely N-dealkylation sites (tertiary alicyclic amines) is 1. The van der Waals surface area contributed by atoms with Gasteiger partial charge in [0.05, 0.1) is 11.6 Å². The molecule has 4 rings (SSSR count). The maximum atomic E-state index is 12.7. The van der Waals surface area contributed by atoms with Crippen LogP contribution in [-0.4, -0.2) is 36.7 Å². The summed E-state index contributed by atoms with van der Waals surface area (Å²) < 4.78 is 2.05. The second-order valence-corrected chi connectivity index (χ2v) is 5.39. The quantitative estimate of drug-likeness (QED) is 0.726. The maximum Gasteiger partial charge on any atom is 0.257 e. The first-order valence-electron chi connectivity index (χ1n) is 7.32. The summed E-state index contributed by atoms with van der Waals surface area (Å²) in [6.45, 7) is 0.753. The smallest absolute Gasteiger partial charge is 0.257 e. The zero-order valence-corrected chi connectivity index (χ0v) is 12.0. The van der Waals surface area contributed by atoms with Gasteiger partial charge >= 0.3 is 0 Å². The number of carbonyl (C=O) groups excluding carboxylic acids is 1. The Bertz CT molecular complexity index is 814. The number of nitrogens with zero attached hydrogens (tertiary/aromatic N) is 5. The Balaban J connectivity index is 1.72. The first kappa shape index (κ1) is 12.9. The number of rotatable bonds is 2. The van der Waals surface area contributed by atoms with Crippen molar-refractivity contribution in [1.82, 2.24) is 24.3 Å². The molecule has 0 radical (unpaired) electrons. The fourth-order valence-electron chi connectivity index (χ4n) is 3.13. The molecule has 3 aromatic heterocycles. The Morgan fingerprint density at radius 1 is 1.23 bits per heavy atom. The number of imidazole rings is 1. The first-order chi connectivity index (χ1) is 10.8. The molecule has 0 aliphatic carbocycles. The van der Waals surface area contributed by atoms with E-state index in [9.17, 15) is 4.79 Å². The van der Waals surface area contributed by atoms with Gasteiger partial charge in [0.15, 0.2) is 0 Å². The van der Waals surface area contributed by atoms with Crippen molar-refractivity contribution in [1.29, 1.82) is 0 Å². The van der Waals surface area contributed by atoms with Crippen LogP contribution < -0.4 is 0 Å². The highest BCUT2D eigenvalue weighted by molar-refractivity contribution is 5.94. The molecule has 110 valence electrons. The predicted octanol–water partition coefficient (Wildman–Crippen LogP) is 2.10. The lowest BCUT2D eigenvalue weighted by atomic mass is 10.1.